The van der Waals surface area contributed by atoms with E-state index < -0.39 is 0 Å². The Morgan fingerprint density at radius 3 is 2.67 bits per heavy atom. The number of hydrogen-bond acceptors (Lipinski definition) is 2. The molecule has 1 aliphatic carbocycles. The van der Waals surface area contributed by atoms with Gasteiger partial charge in [-0.2, -0.15) is 0 Å². The fraction of sp³-hybridized carbons (Fsp3) is 0.611. The predicted octanol–water partition coefficient (Wildman–Crippen LogP) is 4.29. The quantitative estimate of drug-likeness (QED) is 0.515. The number of hydrogen-bond donors (Lipinski definition) is 3. The molecule has 1 saturated carbocycles. The molecule has 4 N–H and O–H groups in total. The average molecular weight is 372 g/mol. The zero-order chi connectivity index (χ0) is 17.6. The van der Waals surface area contributed by atoms with Crippen LogP contribution in [0.25, 0.3) is 0 Å². The maximum atomic E-state index is 9.38. The highest BCUT2D eigenvalue weighted by atomic mass is 35.5. The molecule has 1 aromatic rings. The minimum Gasteiger partial charge on any atom is -0.396 e. The molecular formula is C18H27Cl2N3O. The average Bonchev–Trinajstić information content (AvgIpc) is 2.54. The molecule has 0 aromatic heterocycles. The summed E-state index contributed by atoms with van der Waals surface area (Å²) in [6.07, 6.45) is 6.71. The fourth-order valence-electron chi connectivity index (χ4n) is 3.48. The summed E-state index contributed by atoms with van der Waals surface area (Å²) in [5.41, 5.74) is 7.10. The van der Waals surface area contributed by atoms with Crippen LogP contribution in [-0.2, 0) is 0 Å². The van der Waals surface area contributed by atoms with Gasteiger partial charge in [-0.1, -0.05) is 48.5 Å². The van der Waals surface area contributed by atoms with Crippen LogP contribution in [0.1, 0.15) is 57.1 Å². The van der Waals surface area contributed by atoms with E-state index in [0.29, 0.717) is 22.5 Å². The first kappa shape index (κ1) is 19.4. The summed E-state index contributed by atoms with van der Waals surface area (Å²) in [5, 5.41) is 13.8. The molecular weight excluding hydrogens is 345 g/mol. The van der Waals surface area contributed by atoms with Crippen LogP contribution in [0.15, 0.2) is 23.2 Å². The predicted molar refractivity (Wildman–Crippen MR) is 102 cm³/mol. The standard InChI is InChI=1S/C18H27Cl2N3O/c1-13(15-6-5-14(19)11-16(15)20)23-17(21)22-12-18(9-10-24)7-3-2-4-8-18/h5-6,11,13,24H,2-4,7-10,12H2,1H3,(H3,21,22,23). The minimum atomic E-state index is -0.0568. The van der Waals surface area contributed by atoms with E-state index in [1.165, 1.54) is 19.3 Å². The number of halogens is 2. The van der Waals surface area contributed by atoms with Gasteiger partial charge >= 0.3 is 0 Å². The number of aliphatic hydroxyl groups excluding tert-OH is 1. The SMILES string of the molecule is CC(NC(N)=NCC1(CCO)CCCCC1)c1ccc(Cl)cc1Cl. The third kappa shape index (κ3) is 5.27. The van der Waals surface area contributed by atoms with Crippen molar-refractivity contribution in [1.29, 1.82) is 0 Å². The van der Waals surface area contributed by atoms with Gasteiger partial charge in [0.05, 0.1) is 6.04 Å². The molecule has 1 aliphatic rings. The number of aliphatic hydroxyl groups is 1. The first-order chi connectivity index (χ1) is 11.5. The van der Waals surface area contributed by atoms with Crippen molar-refractivity contribution < 1.29 is 5.11 Å². The molecule has 0 aliphatic heterocycles. The summed E-state index contributed by atoms with van der Waals surface area (Å²) in [6.45, 7) is 2.86. The largest absolute Gasteiger partial charge is 0.396 e. The van der Waals surface area contributed by atoms with Crippen LogP contribution < -0.4 is 11.1 Å². The second-order valence-corrected chi connectivity index (χ2v) is 7.61. The Balaban J connectivity index is 1.99. The van der Waals surface area contributed by atoms with Crippen molar-refractivity contribution in [3.05, 3.63) is 33.8 Å². The van der Waals surface area contributed by atoms with Crippen molar-refractivity contribution in [2.24, 2.45) is 16.1 Å². The van der Waals surface area contributed by atoms with Crippen LogP contribution in [0.5, 0.6) is 0 Å². The van der Waals surface area contributed by atoms with E-state index in [1.807, 2.05) is 19.1 Å². The van der Waals surface area contributed by atoms with Crippen molar-refractivity contribution in [2.75, 3.05) is 13.2 Å². The van der Waals surface area contributed by atoms with E-state index in [4.69, 9.17) is 28.9 Å². The Morgan fingerprint density at radius 1 is 1.33 bits per heavy atom. The molecule has 0 amide bonds. The van der Waals surface area contributed by atoms with E-state index in [-0.39, 0.29) is 18.1 Å². The number of nitrogens with two attached hydrogens (primary N) is 1. The lowest BCUT2D eigenvalue weighted by atomic mass is 9.72. The second kappa shape index (κ2) is 8.93. The fourth-order valence-corrected chi connectivity index (χ4v) is 4.05. The summed E-state index contributed by atoms with van der Waals surface area (Å²) in [4.78, 5) is 4.55. The summed E-state index contributed by atoms with van der Waals surface area (Å²) < 4.78 is 0. The molecule has 1 aromatic carbocycles. The monoisotopic (exact) mass is 371 g/mol. The van der Waals surface area contributed by atoms with Gasteiger partial charge in [0.1, 0.15) is 0 Å². The molecule has 134 valence electrons. The summed E-state index contributed by atoms with van der Waals surface area (Å²) in [7, 11) is 0. The normalized spacial score (nSPS) is 19.1. The van der Waals surface area contributed by atoms with Crippen LogP contribution in [0, 0.1) is 5.41 Å². The third-order valence-electron chi connectivity index (χ3n) is 4.93. The summed E-state index contributed by atoms with van der Waals surface area (Å²) in [6, 6.07) is 5.37. The van der Waals surface area contributed by atoms with Crippen molar-refractivity contribution in [1.82, 2.24) is 5.32 Å². The number of rotatable bonds is 6. The van der Waals surface area contributed by atoms with Gasteiger partial charge in [-0.15, -0.1) is 0 Å². The van der Waals surface area contributed by atoms with E-state index in [0.717, 1.165) is 24.8 Å². The third-order valence-corrected chi connectivity index (χ3v) is 5.50. The highest BCUT2D eigenvalue weighted by molar-refractivity contribution is 6.35. The number of benzene rings is 1. The molecule has 4 nitrogen and oxygen atoms in total. The zero-order valence-electron chi connectivity index (χ0n) is 14.2. The molecule has 0 heterocycles. The molecule has 0 bridgehead atoms. The van der Waals surface area contributed by atoms with Crippen LogP contribution in [0.3, 0.4) is 0 Å². The van der Waals surface area contributed by atoms with Crippen molar-refractivity contribution in [3.63, 3.8) is 0 Å². The summed E-state index contributed by atoms with van der Waals surface area (Å²) >= 11 is 12.2. The highest BCUT2D eigenvalue weighted by Crippen LogP contribution is 2.39. The van der Waals surface area contributed by atoms with Gasteiger partial charge in [0, 0.05) is 23.2 Å². The summed E-state index contributed by atoms with van der Waals surface area (Å²) in [5.74, 6) is 0.413. The van der Waals surface area contributed by atoms with E-state index >= 15 is 0 Å². The Labute approximate surface area is 154 Å². The number of nitrogens with zero attached hydrogens (tertiary/aromatic N) is 1. The molecule has 1 fully saturated rings. The number of aliphatic imine (C=N–C) groups is 1. The van der Waals surface area contributed by atoms with Gasteiger partial charge in [-0.3, -0.25) is 4.99 Å². The van der Waals surface area contributed by atoms with Crippen molar-refractivity contribution in [3.8, 4) is 0 Å². The van der Waals surface area contributed by atoms with Gasteiger partial charge in [0.25, 0.3) is 0 Å². The molecule has 0 spiro atoms. The Hall–Kier alpha value is -0.970. The van der Waals surface area contributed by atoms with Crippen LogP contribution >= 0.6 is 23.2 Å². The molecule has 1 atom stereocenters. The van der Waals surface area contributed by atoms with Gasteiger partial charge < -0.3 is 16.2 Å². The molecule has 2 rings (SSSR count). The van der Waals surface area contributed by atoms with Crippen molar-refractivity contribution in [2.45, 2.75) is 51.5 Å². The smallest absolute Gasteiger partial charge is 0.189 e. The molecule has 6 heteroatoms. The zero-order valence-corrected chi connectivity index (χ0v) is 15.7. The second-order valence-electron chi connectivity index (χ2n) is 6.77. The topological polar surface area (TPSA) is 70.6 Å². The first-order valence-corrected chi connectivity index (χ1v) is 9.34. The van der Waals surface area contributed by atoms with E-state index in [1.54, 1.807) is 6.07 Å². The van der Waals surface area contributed by atoms with Gasteiger partial charge in [-0.05, 0) is 49.3 Å². The minimum absolute atomic E-state index is 0.0568. The lowest BCUT2D eigenvalue weighted by molar-refractivity contribution is 0.137. The van der Waals surface area contributed by atoms with Gasteiger partial charge in [0.15, 0.2) is 5.96 Å². The Morgan fingerprint density at radius 2 is 2.04 bits per heavy atom. The van der Waals surface area contributed by atoms with E-state index in [2.05, 4.69) is 10.3 Å². The van der Waals surface area contributed by atoms with Crippen LogP contribution in [0.2, 0.25) is 10.0 Å². The maximum absolute atomic E-state index is 9.38. The Bertz CT molecular complexity index is 566. The molecule has 0 radical (unpaired) electrons. The van der Waals surface area contributed by atoms with Gasteiger partial charge in [0.2, 0.25) is 0 Å². The molecule has 1 unspecified atom stereocenters. The lowest BCUT2D eigenvalue weighted by Crippen LogP contribution is -2.36. The lowest BCUT2D eigenvalue weighted by Gasteiger charge is -2.35. The molecule has 0 saturated heterocycles. The number of guanidine groups is 1. The Kier molecular flexibility index (Phi) is 7.20. The maximum Gasteiger partial charge on any atom is 0.189 e. The van der Waals surface area contributed by atoms with Crippen LogP contribution in [0.4, 0.5) is 0 Å². The van der Waals surface area contributed by atoms with Crippen molar-refractivity contribution >= 4 is 29.2 Å². The first-order valence-electron chi connectivity index (χ1n) is 8.58. The molecule has 24 heavy (non-hydrogen) atoms. The van der Waals surface area contributed by atoms with Crippen LogP contribution in [-0.4, -0.2) is 24.2 Å². The van der Waals surface area contributed by atoms with Gasteiger partial charge in [-0.25, -0.2) is 0 Å². The van der Waals surface area contributed by atoms with E-state index in [9.17, 15) is 5.11 Å². The highest BCUT2D eigenvalue weighted by Gasteiger charge is 2.31. The number of nitrogens with one attached hydrogen (secondary N) is 1.